The molecule has 5 nitrogen and oxygen atoms in total. The molecule has 7 heteroatoms. The summed E-state index contributed by atoms with van der Waals surface area (Å²) in [6.45, 7) is 1.05. The molecule has 1 aliphatic rings. The molecule has 0 fully saturated rings. The molecular weight excluding hydrogens is 319 g/mol. The van der Waals surface area contributed by atoms with Crippen molar-refractivity contribution in [1.29, 1.82) is 0 Å². The highest BCUT2D eigenvalue weighted by Gasteiger charge is 2.30. The molecule has 0 spiro atoms. The van der Waals surface area contributed by atoms with Crippen LogP contribution in [0.4, 0.5) is 4.39 Å². The molecule has 0 aliphatic carbocycles. The van der Waals surface area contributed by atoms with Crippen LogP contribution in [0.2, 0.25) is 5.02 Å². The van der Waals surface area contributed by atoms with E-state index in [0.29, 0.717) is 12.1 Å². The lowest BCUT2D eigenvalue weighted by molar-refractivity contribution is -0.133. The van der Waals surface area contributed by atoms with Crippen LogP contribution in [0.5, 0.6) is 0 Å². The van der Waals surface area contributed by atoms with E-state index in [2.05, 4.69) is 10.4 Å². The minimum absolute atomic E-state index is 0.0608. The van der Waals surface area contributed by atoms with Crippen molar-refractivity contribution < 1.29 is 9.18 Å². The van der Waals surface area contributed by atoms with Gasteiger partial charge in [-0.05, 0) is 17.7 Å². The fourth-order valence-electron chi connectivity index (χ4n) is 2.90. The van der Waals surface area contributed by atoms with Crippen molar-refractivity contribution in [2.45, 2.75) is 19.0 Å². The molecule has 1 aromatic heterocycles. The maximum absolute atomic E-state index is 13.5. The number of fused-ring (bicyclic) bond motifs is 1. The summed E-state index contributed by atoms with van der Waals surface area (Å²) in [6, 6.07) is 4.17. The minimum atomic E-state index is -0.477. The monoisotopic (exact) mass is 336 g/mol. The van der Waals surface area contributed by atoms with Crippen LogP contribution >= 0.6 is 11.6 Å². The molecule has 122 valence electrons. The zero-order valence-electron chi connectivity index (χ0n) is 13.0. The summed E-state index contributed by atoms with van der Waals surface area (Å²) in [7, 11) is 3.59. The highest BCUT2D eigenvalue weighted by molar-refractivity contribution is 6.30. The van der Waals surface area contributed by atoms with E-state index in [0.717, 1.165) is 24.2 Å². The molecular formula is C16H18ClFN4O. The molecule has 0 bridgehead atoms. The second-order valence-electron chi connectivity index (χ2n) is 5.75. The Balaban J connectivity index is 1.76. The number of nitrogens with zero attached hydrogens (tertiary/aromatic N) is 3. The molecule has 2 aromatic rings. The summed E-state index contributed by atoms with van der Waals surface area (Å²) in [5, 5.41) is 7.55. The van der Waals surface area contributed by atoms with Gasteiger partial charge >= 0.3 is 0 Å². The zero-order chi connectivity index (χ0) is 16.6. The van der Waals surface area contributed by atoms with Crippen molar-refractivity contribution in [3.05, 3.63) is 52.1 Å². The van der Waals surface area contributed by atoms with E-state index in [1.165, 1.54) is 12.1 Å². The van der Waals surface area contributed by atoms with Crippen molar-refractivity contribution >= 4 is 17.5 Å². The van der Waals surface area contributed by atoms with Gasteiger partial charge in [0, 0.05) is 44.9 Å². The molecule has 1 atom stereocenters. The molecule has 1 aromatic carbocycles. The van der Waals surface area contributed by atoms with Gasteiger partial charge in [-0.15, -0.1) is 0 Å². The number of nitrogens with one attached hydrogen (secondary N) is 1. The Bertz CT molecular complexity index is 746. The Hall–Kier alpha value is -1.92. The number of carbonyl (C=O) groups excluding carboxylic acids is 1. The number of halogens is 2. The van der Waals surface area contributed by atoms with E-state index in [4.69, 9.17) is 11.6 Å². The summed E-state index contributed by atoms with van der Waals surface area (Å²) in [4.78, 5) is 14.3. The van der Waals surface area contributed by atoms with E-state index in [1.54, 1.807) is 24.2 Å². The smallest absolute Gasteiger partial charge is 0.244 e. The summed E-state index contributed by atoms with van der Waals surface area (Å²) < 4.78 is 15.3. The van der Waals surface area contributed by atoms with Gasteiger partial charge in [-0.2, -0.15) is 5.10 Å². The second kappa shape index (κ2) is 6.29. The number of aromatic nitrogens is 2. The quantitative estimate of drug-likeness (QED) is 0.933. The predicted molar refractivity (Wildman–Crippen MR) is 85.5 cm³/mol. The molecule has 3 rings (SSSR count). The number of aryl methyl sites for hydroxylation is 1. The van der Waals surface area contributed by atoms with Gasteiger partial charge in [0.15, 0.2) is 0 Å². The van der Waals surface area contributed by atoms with E-state index in [9.17, 15) is 9.18 Å². The minimum Gasteiger partial charge on any atom is -0.340 e. The number of rotatable bonds is 3. The van der Waals surface area contributed by atoms with Crippen molar-refractivity contribution in [2.75, 3.05) is 13.6 Å². The van der Waals surface area contributed by atoms with Crippen LogP contribution < -0.4 is 5.32 Å². The van der Waals surface area contributed by atoms with Gasteiger partial charge in [0.05, 0.1) is 11.2 Å². The van der Waals surface area contributed by atoms with Crippen molar-refractivity contribution in [2.24, 2.45) is 7.05 Å². The highest BCUT2D eigenvalue weighted by atomic mass is 35.5. The number of hydrogen-bond donors (Lipinski definition) is 1. The standard InChI is InChI=1S/C16H18ClFN4O/c1-21(9-10-3-4-12(17)13(18)7-10)16(23)15-11-8-20-22(2)14(11)5-6-19-15/h3-4,7-8,15,19H,5-6,9H2,1-2H3. The highest BCUT2D eigenvalue weighted by Crippen LogP contribution is 2.24. The van der Waals surface area contributed by atoms with Crippen molar-refractivity contribution in [3.63, 3.8) is 0 Å². The van der Waals surface area contributed by atoms with E-state index in [1.807, 2.05) is 11.7 Å². The second-order valence-corrected chi connectivity index (χ2v) is 6.16. The Kier molecular flexibility index (Phi) is 4.37. The van der Waals surface area contributed by atoms with Crippen LogP contribution in [0.25, 0.3) is 0 Å². The molecule has 0 saturated heterocycles. The first-order valence-corrected chi connectivity index (χ1v) is 7.78. The fraction of sp³-hybridized carbons (Fsp3) is 0.375. The van der Waals surface area contributed by atoms with Crippen LogP contribution in [0, 0.1) is 5.82 Å². The van der Waals surface area contributed by atoms with Crippen LogP contribution in [0.3, 0.4) is 0 Å². The predicted octanol–water partition coefficient (Wildman–Crippen LogP) is 2.06. The lowest BCUT2D eigenvalue weighted by Gasteiger charge is -2.28. The van der Waals surface area contributed by atoms with Crippen LogP contribution in [-0.2, 0) is 24.8 Å². The molecule has 0 saturated carbocycles. The summed E-state index contributed by atoms with van der Waals surface area (Å²) in [5.74, 6) is -0.537. The lowest BCUT2D eigenvalue weighted by Crippen LogP contribution is -2.42. The fourth-order valence-corrected chi connectivity index (χ4v) is 3.02. The normalized spacial score (nSPS) is 17.0. The largest absolute Gasteiger partial charge is 0.340 e. The van der Waals surface area contributed by atoms with Gasteiger partial charge in [0.2, 0.25) is 5.91 Å². The topological polar surface area (TPSA) is 50.2 Å². The molecule has 0 radical (unpaired) electrons. The number of hydrogen-bond acceptors (Lipinski definition) is 3. The Morgan fingerprint density at radius 3 is 3.09 bits per heavy atom. The van der Waals surface area contributed by atoms with E-state index in [-0.39, 0.29) is 10.9 Å². The summed E-state index contributed by atoms with van der Waals surface area (Å²) in [5.41, 5.74) is 2.69. The third kappa shape index (κ3) is 3.09. The van der Waals surface area contributed by atoms with Crippen molar-refractivity contribution in [3.8, 4) is 0 Å². The van der Waals surface area contributed by atoms with Gasteiger partial charge in [-0.1, -0.05) is 17.7 Å². The lowest BCUT2D eigenvalue weighted by atomic mass is 10.00. The van der Waals surface area contributed by atoms with Gasteiger partial charge in [-0.25, -0.2) is 4.39 Å². The van der Waals surface area contributed by atoms with Gasteiger partial charge in [0.25, 0.3) is 0 Å². The molecule has 1 amide bonds. The molecule has 1 N–H and O–H groups in total. The Morgan fingerprint density at radius 1 is 1.57 bits per heavy atom. The molecule has 1 aliphatic heterocycles. The average molecular weight is 337 g/mol. The first-order valence-electron chi connectivity index (χ1n) is 7.40. The van der Waals surface area contributed by atoms with Crippen LogP contribution in [-0.4, -0.2) is 34.2 Å². The zero-order valence-corrected chi connectivity index (χ0v) is 13.8. The van der Waals surface area contributed by atoms with Gasteiger partial charge in [0.1, 0.15) is 11.9 Å². The SMILES string of the molecule is CN(Cc1ccc(Cl)c(F)c1)C(=O)C1NCCc2c1cnn2C. The average Bonchev–Trinajstić information content (AvgIpc) is 2.92. The van der Waals surface area contributed by atoms with Gasteiger partial charge < -0.3 is 10.2 Å². The number of carbonyl (C=O) groups is 1. The summed E-state index contributed by atoms with van der Waals surface area (Å²) >= 11 is 5.69. The summed E-state index contributed by atoms with van der Waals surface area (Å²) in [6.07, 6.45) is 2.58. The maximum atomic E-state index is 13.5. The van der Waals surface area contributed by atoms with E-state index >= 15 is 0 Å². The third-order valence-corrected chi connectivity index (χ3v) is 4.45. The van der Waals surface area contributed by atoms with Crippen molar-refractivity contribution in [1.82, 2.24) is 20.0 Å². The van der Waals surface area contributed by atoms with Gasteiger partial charge in [-0.3, -0.25) is 9.48 Å². The Labute approximate surface area is 139 Å². The number of likely N-dealkylation sites (N-methyl/N-ethyl adjacent to an activating group) is 1. The molecule has 2 heterocycles. The first kappa shape index (κ1) is 16.0. The van der Waals surface area contributed by atoms with Crippen LogP contribution in [0.15, 0.2) is 24.4 Å². The third-order valence-electron chi connectivity index (χ3n) is 4.14. The molecule has 1 unspecified atom stereocenters. The maximum Gasteiger partial charge on any atom is 0.244 e. The molecule has 23 heavy (non-hydrogen) atoms. The van der Waals surface area contributed by atoms with Crippen LogP contribution in [0.1, 0.15) is 22.9 Å². The first-order chi connectivity index (χ1) is 11.0. The number of amides is 1. The Morgan fingerprint density at radius 2 is 2.35 bits per heavy atom. The van der Waals surface area contributed by atoms with E-state index < -0.39 is 11.9 Å². The number of benzene rings is 1.